The average Bonchev–Trinajstić information content (AvgIpc) is 2.47. The fourth-order valence-corrected chi connectivity index (χ4v) is 3.40. The van der Waals surface area contributed by atoms with Crippen molar-refractivity contribution in [2.75, 3.05) is 12.9 Å². The highest BCUT2D eigenvalue weighted by Crippen LogP contribution is 2.22. The van der Waals surface area contributed by atoms with E-state index in [-0.39, 0.29) is 10.6 Å². The van der Waals surface area contributed by atoms with Gasteiger partial charge in [-0.2, -0.15) is 0 Å². The van der Waals surface area contributed by atoms with Gasteiger partial charge in [0.2, 0.25) is 0 Å². The second-order valence-electron chi connectivity index (χ2n) is 4.62. The van der Waals surface area contributed by atoms with Crippen molar-refractivity contribution in [3.05, 3.63) is 59.9 Å². The van der Waals surface area contributed by atoms with Crippen LogP contribution in [0.15, 0.2) is 53.4 Å². The molecule has 21 heavy (non-hydrogen) atoms. The minimum atomic E-state index is -3.66. The van der Waals surface area contributed by atoms with Crippen LogP contribution in [0.2, 0.25) is 0 Å². The zero-order valence-electron chi connectivity index (χ0n) is 11.5. The van der Waals surface area contributed by atoms with Crippen molar-refractivity contribution in [1.82, 2.24) is 0 Å². The van der Waals surface area contributed by atoms with Crippen LogP contribution in [-0.4, -0.2) is 21.3 Å². The molecule has 1 unspecified atom stereocenters. The van der Waals surface area contributed by atoms with Crippen LogP contribution in [0.25, 0.3) is 0 Å². The van der Waals surface area contributed by atoms with Crippen LogP contribution in [-0.2, 0) is 9.84 Å². The molecule has 6 heteroatoms. The highest BCUT2D eigenvalue weighted by molar-refractivity contribution is 7.91. The van der Waals surface area contributed by atoms with E-state index in [1.165, 1.54) is 25.3 Å². The molecular weight excluding hydrogens is 293 g/mol. The van der Waals surface area contributed by atoms with E-state index in [4.69, 9.17) is 10.5 Å². The van der Waals surface area contributed by atoms with Crippen LogP contribution >= 0.6 is 0 Å². The van der Waals surface area contributed by atoms with Crippen molar-refractivity contribution < 1.29 is 17.5 Å². The number of hydrogen-bond donors (Lipinski definition) is 1. The number of rotatable bonds is 5. The number of benzene rings is 2. The number of nitrogens with two attached hydrogens (primary N) is 1. The Kier molecular flexibility index (Phi) is 4.59. The smallest absolute Gasteiger partial charge is 0.180 e. The van der Waals surface area contributed by atoms with Gasteiger partial charge in [0, 0.05) is 6.04 Å². The summed E-state index contributed by atoms with van der Waals surface area (Å²) in [6.45, 7) is 0. The molecule has 0 saturated heterocycles. The minimum absolute atomic E-state index is 0.0687. The molecule has 0 aliphatic carbocycles. The molecule has 0 aliphatic rings. The van der Waals surface area contributed by atoms with Gasteiger partial charge in [-0.15, -0.1) is 0 Å². The predicted octanol–water partition coefficient (Wildman–Crippen LogP) is 2.31. The van der Waals surface area contributed by atoms with Gasteiger partial charge in [0.05, 0.1) is 17.8 Å². The lowest BCUT2D eigenvalue weighted by atomic mass is 10.1. The lowest BCUT2D eigenvalue weighted by Gasteiger charge is -2.13. The van der Waals surface area contributed by atoms with Gasteiger partial charge in [-0.05, 0) is 35.9 Å². The average molecular weight is 309 g/mol. The Balaban J connectivity index is 2.23. The molecule has 0 radical (unpaired) electrons. The van der Waals surface area contributed by atoms with E-state index < -0.39 is 21.7 Å². The highest BCUT2D eigenvalue weighted by Gasteiger charge is 2.20. The van der Waals surface area contributed by atoms with Gasteiger partial charge in [0.1, 0.15) is 11.6 Å². The fourth-order valence-electron chi connectivity index (χ4n) is 1.96. The summed E-state index contributed by atoms with van der Waals surface area (Å²) in [5.74, 6) is -0.291. The van der Waals surface area contributed by atoms with Gasteiger partial charge < -0.3 is 10.5 Å². The monoisotopic (exact) mass is 309 g/mol. The van der Waals surface area contributed by atoms with Crippen LogP contribution in [0.5, 0.6) is 5.75 Å². The van der Waals surface area contributed by atoms with E-state index >= 15 is 0 Å². The number of methoxy groups -OCH3 is 1. The fraction of sp³-hybridized carbons (Fsp3) is 0.200. The van der Waals surface area contributed by atoms with Crippen molar-refractivity contribution in [1.29, 1.82) is 0 Å². The number of halogens is 1. The Morgan fingerprint density at radius 1 is 1.19 bits per heavy atom. The largest absolute Gasteiger partial charge is 0.497 e. The molecule has 2 aromatic rings. The molecule has 0 spiro atoms. The summed E-state index contributed by atoms with van der Waals surface area (Å²) in [4.78, 5) is -0.0687. The van der Waals surface area contributed by atoms with Gasteiger partial charge >= 0.3 is 0 Å². The summed E-state index contributed by atoms with van der Waals surface area (Å²) in [5.41, 5.74) is 6.60. The van der Waals surface area contributed by atoms with Gasteiger partial charge in [-0.1, -0.05) is 18.2 Å². The summed E-state index contributed by atoms with van der Waals surface area (Å²) in [7, 11) is -2.13. The first-order valence-electron chi connectivity index (χ1n) is 6.30. The molecule has 1 atom stereocenters. The quantitative estimate of drug-likeness (QED) is 0.920. The first-order chi connectivity index (χ1) is 9.92. The molecule has 0 saturated carbocycles. The maximum Gasteiger partial charge on any atom is 0.180 e. The van der Waals surface area contributed by atoms with Crippen molar-refractivity contribution >= 4 is 9.84 Å². The predicted molar refractivity (Wildman–Crippen MR) is 78.4 cm³/mol. The van der Waals surface area contributed by atoms with Gasteiger partial charge in [-0.25, -0.2) is 12.8 Å². The number of sulfone groups is 1. The first kappa shape index (κ1) is 15.5. The van der Waals surface area contributed by atoms with E-state index in [0.29, 0.717) is 11.3 Å². The van der Waals surface area contributed by atoms with Gasteiger partial charge in [-0.3, -0.25) is 0 Å². The summed E-state index contributed by atoms with van der Waals surface area (Å²) in [6.07, 6.45) is 0. The molecule has 4 nitrogen and oxygen atoms in total. The van der Waals surface area contributed by atoms with Crippen LogP contribution in [0.3, 0.4) is 0 Å². The maximum atomic E-state index is 13.1. The highest BCUT2D eigenvalue weighted by atomic mass is 32.2. The van der Waals surface area contributed by atoms with Crippen molar-refractivity contribution in [3.63, 3.8) is 0 Å². The van der Waals surface area contributed by atoms with Crippen LogP contribution in [0.4, 0.5) is 4.39 Å². The Labute approximate surface area is 123 Å². The molecular formula is C15H16FNO3S. The van der Waals surface area contributed by atoms with Crippen LogP contribution < -0.4 is 10.5 Å². The third-order valence-electron chi connectivity index (χ3n) is 3.08. The lowest BCUT2D eigenvalue weighted by Crippen LogP contribution is -2.22. The van der Waals surface area contributed by atoms with Crippen LogP contribution in [0, 0.1) is 5.82 Å². The Bertz CT molecular complexity index is 731. The van der Waals surface area contributed by atoms with E-state index in [0.717, 1.165) is 6.07 Å². The molecule has 0 aromatic heterocycles. The minimum Gasteiger partial charge on any atom is -0.497 e. The van der Waals surface area contributed by atoms with Gasteiger partial charge in [0.15, 0.2) is 9.84 Å². The standard InChI is InChI=1S/C15H16FNO3S/c1-20-13-6-2-4-11(8-13)15(17)10-21(18,19)14-7-3-5-12(16)9-14/h2-9,15H,10,17H2,1H3. The third kappa shape index (κ3) is 3.80. The first-order valence-corrected chi connectivity index (χ1v) is 7.95. The van der Waals surface area contributed by atoms with E-state index in [2.05, 4.69) is 0 Å². The summed E-state index contributed by atoms with van der Waals surface area (Å²) >= 11 is 0. The molecule has 112 valence electrons. The molecule has 0 fully saturated rings. The summed E-state index contributed by atoms with van der Waals surface area (Å²) in [6, 6.07) is 11.1. The van der Waals surface area contributed by atoms with Crippen molar-refractivity contribution in [3.8, 4) is 5.75 Å². The second kappa shape index (κ2) is 6.24. The van der Waals surface area contributed by atoms with Crippen molar-refractivity contribution in [2.24, 2.45) is 5.73 Å². The van der Waals surface area contributed by atoms with E-state index in [9.17, 15) is 12.8 Å². The number of ether oxygens (including phenoxy) is 1. The Hall–Kier alpha value is -1.92. The summed E-state index contributed by atoms with van der Waals surface area (Å²) in [5, 5.41) is 0. The molecule has 0 heterocycles. The van der Waals surface area contributed by atoms with E-state index in [1.54, 1.807) is 24.3 Å². The maximum absolute atomic E-state index is 13.1. The zero-order chi connectivity index (χ0) is 15.5. The SMILES string of the molecule is COc1cccc(C(N)CS(=O)(=O)c2cccc(F)c2)c1. The van der Waals surface area contributed by atoms with Crippen LogP contribution in [0.1, 0.15) is 11.6 Å². The molecule has 2 rings (SSSR count). The topological polar surface area (TPSA) is 69.4 Å². The Morgan fingerprint density at radius 3 is 2.57 bits per heavy atom. The van der Waals surface area contributed by atoms with Crippen molar-refractivity contribution in [2.45, 2.75) is 10.9 Å². The summed E-state index contributed by atoms with van der Waals surface area (Å²) < 4.78 is 42.7. The Morgan fingerprint density at radius 2 is 1.90 bits per heavy atom. The molecule has 2 aromatic carbocycles. The molecule has 0 aliphatic heterocycles. The second-order valence-corrected chi connectivity index (χ2v) is 6.66. The van der Waals surface area contributed by atoms with Gasteiger partial charge in [0.25, 0.3) is 0 Å². The normalized spacial score (nSPS) is 12.9. The molecule has 0 bridgehead atoms. The molecule has 0 amide bonds. The zero-order valence-corrected chi connectivity index (χ0v) is 12.3. The third-order valence-corrected chi connectivity index (χ3v) is 4.85. The molecule has 2 N–H and O–H groups in total. The lowest BCUT2D eigenvalue weighted by molar-refractivity contribution is 0.414. The van der Waals surface area contributed by atoms with E-state index in [1.807, 2.05) is 0 Å². The number of hydrogen-bond acceptors (Lipinski definition) is 4.